The van der Waals surface area contributed by atoms with Crippen LogP contribution in [0.2, 0.25) is 0 Å². The molecule has 0 N–H and O–H groups in total. The molecule has 1 aromatic rings. The third-order valence-electron chi connectivity index (χ3n) is 6.68. The summed E-state index contributed by atoms with van der Waals surface area (Å²) in [6.07, 6.45) is 9.49. The zero-order valence-electron chi connectivity index (χ0n) is 16.5. The Kier molecular flexibility index (Phi) is 5.53. The molecule has 0 unspecified atom stereocenters. The topological polar surface area (TPSA) is 48.9 Å². The number of ether oxygens (including phenoxy) is 1. The van der Waals surface area contributed by atoms with Crippen LogP contribution in [-0.4, -0.2) is 72.8 Å². The van der Waals surface area contributed by atoms with Crippen molar-refractivity contribution in [2.45, 2.75) is 45.1 Å². The van der Waals surface area contributed by atoms with Crippen molar-refractivity contribution in [2.75, 3.05) is 50.8 Å². The molecule has 1 aromatic heterocycles. The van der Waals surface area contributed by atoms with Crippen LogP contribution in [0.3, 0.4) is 0 Å². The van der Waals surface area contributed by atoms with Gasteiger partial charge in [0.25, 0.3) is 0 Å². The second kappa shape index (κ2) is 8.05. The normalized spacial score (nSPS) is 23.2. The van der Waals surface area contributed by atoms with E-state index in [2.05, 4.69) is 26.9 Å². The number of aromatic nitrogens is 1. The highest BCUT2D eigenvalue weighted by atomic mass is 16.5. The lowest BCUT2D eigenvalue weighted by Crippen LogP contribution is -2.52. The number of nitrogens with zero attached hydrogens (tertiary/aromatic N) is 4. The molecule has 2 amide bonds. The van der Waals surface area contributed by atoms with Crippen LogP contribution < -0.4 is 4.90 Å². The highest BCUT2D eigenvalue weighted by Crippen LogP contribution is 2.42. The van der Waals surface area contributed by atoms with Crippen molar-refractivity contribution in [3.8, 4) is 0 Å². The minimum atomic E-state index is 0.240. The predicted molar refractivity (Wildman–Crippen MR) is 106 cm³/mol. The van der Waals surface area contributed by atoms with Gasteiger partial charge in [-0.05, 0) is 56.6 Å². The van der Waals surface area contributed by atoms with E-state index in [9.17, 15) is 4.79 Å². The minimum Gasteiger partial charge on any atom is -0.378 e. The molecule has 3 fully saturated rings. The number of piperidine rings is 2. The molecule has 4 heterocycles. The molecule has 0 saturated carbocycles. The number of hydrogen-bond acceptors (Lipinski definition) is 4. The Balaban J connectivity index is 1.27. The molecule has 0 atom stereocenters. The van der Waals surface area contributed by atoms with Crippen LogP contribution in [0.25, 0.3) is 0 Å². The van der Waals surface area contributed by atoms with Gasteiger partial charge in [0.2, 0.25) is 0 Å². The molecule has 6 nitrogen and oxygen atoms in total. The van der Waals surface area contributed by atoms with Gasteiger partial charge in [0.15, 0.2) is 0 Å². The Morgan fingerprint density at radius 1 is 1.07 bits per heavy atom. The first-order chi connectivity index (χ1) is 13.2. The summed E-state index contributed by atoms with van der Waals surface area (Å²) in [5.74, 6) is 0. The molecule has 0 aliphatic carbocycles. The molecule has 3 aliphatic rings. The summed E-state index contributed by atoms with van der Waals surface area (Å²) in [4.78, 5) is 23.6. The Bertz CT molecular complexity index is 622. The maximum atomic E-state index is 12.9. The van der Waals surface area contributed by atoms with Gasteiger partial charge in [-0.2, -0.15) is 0 Å². The summed E-state index contributed by atoms with van der Waals surface area (Å²) < 4.78 is 5.71. The van der Waals surface area contributed by atoms with Crippen molar-refractivity contribution in [2.24, 2.45) is 5.41 Å². The Morgan fingerprint density at radius 3 is 2.37 bits per heavy atom. The molecule has 3 aliphatic heterocycles. The van der Waals surface area contributed by atoms with E-state index >= 15 is 0 Å². The molecule has 27 heavy (non-hydrogen) atoms. The molecule has 0 aromatic carbocycles. The maximum absolute atomic E-state index is 12.9. The van der Waals surface area contributed by atoms with Crippen molar-refractivity contribution < 1.29 is 9.53 Å². The van der Waals surface area contributed by atoms with Crippen LogP contribution in [0.15, 0.2) is 24.5 Å². The molecular formula is C21H32N4O2. The largest absolute Gasteiger partial charge is 0.378 e. The van der Waals surface area contributed by atoms with Crippen LogP contribution in [0, 0.1) is 5.41 Å². The van der Waals surface area contributed by atoms with Crippen LogP contribution in [-0.2, 0) is 4.74 Å². The number of rotatable bonds is 3. The highest BCUT2D eigenvalue weighted by Gasteiger charge is 2.42. The summed E-state index contributed by atoms with van der Waals surface area (Å²) in [5, 5.41) is 0. The summed E-state index contributed by atoms with van der Waals surface area (Å²) >= 11 is 0. The average molecular weight is 373 g/mol. The van der Waals surface area contributed by atoms with E-state index in [-0.39, 0.29) is 6.03 Å². The van der Waals surface area contributed by atoms with Gasteiger partial charge < -0.3 is 19.4 Å². The first-order valence-electron chi connectivity index (χ1n) is 10.5. The van der Waals surface area contributed by atoms with Crippen molar-refractivity contribution in [3.05, 3.63) is 24.5 Å². The van der Waals surface area contributed by atoms with E-state index in [0.29, 0.717) is 11.5 Å². The first-order valence-corrected chi connectivity index (χ1v) is 10.5. The molecule has 4 rings (SSSR count). The molecule has 0 bridgehead atoms. The second-order valence-corrected chi connectivity index (χ2v) is 8.29. The molecule has 3 saturated heterocycles. The summed E-state index contributed by atoms with van der Waals surface area (Å²) in [6, 6.07) is 4.44. The zero-order chi connectivity index (χ0) is 18.7. The number of likely N-dealkylation sites (tertiary alicyclic amines) is 2. The van der Waals surface area contributed by atoms with Crippen molar-refractivity contribution in [1.82, 2.24) is 14.8 Å². The molecule has 0 radical (unpaired) electrons. The fourth-order valence-corrected chi connectivity index (χ4v) is 4.94. The quantitative estimate of drug-likeness (QED) is 0.818. The number of urea groups is 1. The fraction of sp³-hybridized carbons (Fsp3) is 0.714. The number of anilines is 1. The number of carbonyl (C=O) groups excluding carboxylic acids is 1. The molecule has 148 valence electrons. The fourth-order valence-electron chi connectivity index (χ4n) is 4.94. The Morgan fingerprint density at radius 2 is 1.70 bits per heavy atom. The average Bonchev–Trinajstić information content (AvgIpc) is 3.13. The monoisotopic (exact) mass is 372 g/mol. The molecular weight excluding hydrogens is 340 g/mol. The first kappa shape index (κ1) is 18.5. The summed E-state index contributed by atoms with van der Waals surface area (Å²) in [6.45, 7) is 8.50. The number of pyridine rings is 1. The lowest BCUT2D eigenvalue weighted by Gasteiger charge is -2.42. The van der Waals surface area contributed by atoms with E-state index in [1.54, 1.807) is 0 Å². The smallest absolute Gasteiger partial charge is 0.320 e. The SMILES string of the molecule is CCOC1CCN(C(=O)N2CCC3(CC2)CCN(c2ccncc2)C3)CC1. The molecule has 6 heteroatoms. The Labute approximate surface area is 162 Å². The van der Waals surface area contributed by atoms with E-state index in [0.717, 1.165) is 71.6 Å². The van der Waals surface area contributed by atoms with Gasteiger partial charge in [-0.25, -0.2) is 4.79 Å². The van der Waals surface area contributed by atoms with Crippen LogP contribution in [0.5, 0.6) is 0 Å². The minimum absolute atomic E-state index is 0.240. The Hall–Kier alpha value is -1.82. The molecule has 1 spiro atoms. The summed E-state index contributed by atoms with van der Waals surface area (Å²) in [5.41, 5.74) is 1.65. The van der Waals surface area contributed by atoms with Gasteiger partial charge >= 0.3 is 6.03 Å². The number of carbonyl (C=O) groups is 1. The predicted octanol–water partition coefficient (Wildman–Crippen LogP) is 2.99. The number of amides is 2. The van der Waals surface area contributed by atoms with E-state index in [4.69, 9.17) is 4.74 Å². The van der Waals surface area contributed by atoms with Gasteiger partial charge in [-0.1, -0.05) is 0 Å². The van der Waals surface area contributed by atoms with Crippen LogP contribution in [0.4, 0.5) is 10.5 Å². The van der Waals surface area contributed by atoms with Crippen molar-refractivity contribution in [3.63, 3.8) is 0 Å². The number of hydrogen-bond donors (Lipinski definition) is 0. The van der Waals surface area contributed by atoms with Crippen LogP contribution in [0.1, 0.15) is 39.0 Å². The van der Waals surface area contributed by atoms with Gasteiger partial charge in [0.05, 0.1) is 6.10 Å². The zero-order valence-corrected chi connectivity index (χ0v) is 16.5. The van der Waals surface area contributed by atoms with E-state index in [1.807, 2.05) is 24.2 Å². The van der Waals surface area contributed by atoms with Crippen molar-refractivity contribution >= 4 is 11.7 Å². The second-order valence-electron chi connectivity index (χ2n) is 8.29. The van der Waals surface area contributed by atoms with Gasteiger partial charge in [0.1, 0.15) is 0 Å². The lowest BCUT2D eigenvalue weighted by atomic mass is 9.78. The standard InChI is InChI=1S/C21H32N4O2/c1-2-27-19-5-12-23(13-6-19)20(26)24-14-7-21(8-15-24)9-16-25(17-21)18-3-10-22-11-4-18/h3-4,10-11,19H,2,5-9,12-17H2,1H3. The summed E-state index contributed by atoms with van der Waals surface area (Å²) in [7, 11) is 0. The van der Waals surface area contributed by atoms with E-state index in [1.165, 1.54) is 12.1 Å². The maximum Gasteiger partial charge on any atom is 0.320 e. The third-order valence-corrected chi connectivity index (χ3v) is 6.68. The third kappa shape index (κ3) is 4.05. The van der Waals surface area contributed by atoms with Crippen LogP contribution >= 0.6 is 0 Å². The van der Waals surface area contributed by atoms with E-state index < -0.39 is 0 Å². The lowest BCUT2D eigenvalue weighted by molar-refractivity contribution is 0.0161. The van der Waals surface area contributed by atoms with Crippen molar-refractivity contribution in [1.29, 1.82) is 0 Å². The highest BCUT2D eigenvalue weighted by molar-refractivity contribution is 5.74. The van der Waals surface area contributed by atoms with Gasteiger partial charge in [-0.3, -0.25) is 4.98 Å². The van der Waals surface area contributed by atoms with Gasteiger partial charge in [-0.15, -0.1) is 0 Å². The van der Waals surface area contributed by atoms with Gasteiger partial charge in [0, 0.05) is 64.0 Å².